The number of nitrogens with zero attached hydrogens (tertiary/aromatic N) is 1. The Morgan fingerprint density at radius 3 is 2.57 bits per heavy atom. The summed E-state index contributed by atoms with van der Waals surface area (Å²) < 4.78 is 10.8. The molecule has 2 N–H and O–H groups in total. The topological polar surface area (TPSA) is 93.5 Å². The lowest BCUT2D eigenvalue weighted by Gasteiger charge is -2.07. The third-order valence-electron chi connectivity index (χ3n) is 3.93. The van der Waals surface area contributed by atoms with Crippen LogP contribution in [-0.4, -0.2) is 23.9 Å². The molecule has 0 aliphatic heterocycles. The molecule has 0 fully saturated rings. The monoisotopic (exact) mass is 399 g/mol. The zero-order valence-corrected chi connectivity index (χ0v) is 15.8. The number of hydrogen-bond acceptors (Lipinski definition) is 5. The number of rotatable bonds is 6. The Bertz CT molecular complexity index is 970. The third-order valence-corrected chi connectivity index (χ3v) is 4.26. The van der Waals surface area contributed by atoms with Crippen LogP contribution in [0.25, 0.3) is 11.3 Å². The Kier molecular flexibility index (Phi) is 6.29. The van der Waals surface area contributed by atoms with E-state index in [9.17, 15) is 9.59 Å². The molecule has 2 aromatic carbocycles. The van der Waals surface area contributed by atoms with E-state index >= 15 is 0 Å². The molecule has 0 bridgehead atoms. The molecule has 3 aromatic rings. The number of halogens is 1. The van der Waals surface area contributed by atoms with Crippen molar-refractivity contribution in [3.63, 3.8) is 0 Å². The van der Waals surface area contributed by atoms with E-state index in [2.05, 4.69) is 15.8 Å². The number of benzene rings is 2. The molecular formula is C20H18ClN3O4. The molecule has 0 saturated heterocycles. The SMILES string of the molecule is COc1ccc(-c2cnc(CCC(=O)NNC(=O)c3ccccc3Cl)o2)cc1. The molecule has 28 heavy (non-hydrogen) atoms. The van der Waals surface area contributed by atoms with Gasteiger partial charge < -0.3 is 9.15 Å². The minimum absolute atomic E-state index is 0.103. The lowest BCUT2D eigenvalue weighted by Crippen LogP contribution is -2.41. The Morgan fingerprint density at radius 2 is 1.86 bits per heavy atom. The predicted molar refractivity (Wildman–Crippen MR) is 104 cm³/mol. The number of methoxy groups -OCH3 is 1. The fourth-order valence-corrected chi connectivity index (χ4v) is 2.66. The molecule has 0 unspecified atom stereocenters. The van der Waals surface area contributed by atoms with Gasteiger partial charge in [-0.2, -0.15) is 0 Å². The number of nitrogens with one attached hydrogen (secondary N) is 2. The van der Waals surface area contributed by atoms with E-state index in [1.165, 1.54) is 0 Å². The summed E-state index contributed by atoms with van der Waals surface area (Å²) in [6, 6.07) is 13.9. The van der Waals surface area contributed by atoms with Crippen LogP contribution in [0.4, 0.5) is 0 Å². The highest BCUT2D eigenvalue weighted by Gasteiger charge is 2.12. The van der Waals surface area contributed by atoms with Crippen molar-refractivity contribution in [3.05, 3.63) is 71.2 Å². The lowest BCUT2D eigenvalue weighted by molar-refractivity contribution is -0.121. The van der Waals surface area contributed by atoms with Gasteiger partial charge in [-0.05, 0) is 36.4 Å². The van der Waals surface area contributed by atoms with E-state index in [4.69, 9.17) is 20.8 Å². The van der Waals surface area contributed by atoms with Crippen LogP contribution in [0.1, 0.15) is 22.7 Å². The molecular weight excluding hydrogens is 382 g/mol. The van der Waals surface area contributed by atoms with Gasteiger partial charge in [-0.1, -0.05) is 23.7 Å². The van der Waals surface area contributed by atoms with Gasteiger partial charge in [0.15, 0.2) is 11.7 Å². The molecule has 2 amide bonds. The van der Waals surface area contributed by atoms with Crippen molar-refractivity contribution >= 4 is 23.4 Å². The Labute approximate surface area is 166 Å². The number of oxazole rings is 1. The highest BCUT2D eigenvalue weighted by molar-refractivity contribution is 6.33. The molecule has 3 rings (SSSR count). The minimum Gasteiger partial charge on any atom is -0.497 e. The fourth-order valence-electron chi connectivity index (χ4n) is 2.44. The van der Waals surface area contributed by atoms with Crippen LogP contribution < -0.4 is 15.6 Å². The van der Waals surface area contributed by atoms with E-state index in [1.807, 2.05) is 24.3 Å². The van der Waals surface area contributed by atoms with Gasteiger partial charge in [-0.15, -0.1) is 0 Å². The zero-order valence-electron chi connectivity index (χ0n) is 15.1. The van der Waals surface area contributed by atoms with Gasteiger partial charge in [0, 0.05) is 18.4 Å². The number of aryl methyl sites for hydroxylation is 1. The van der Waals surface area contributed by atoms with Crippen molar-refractivity contribution in [2.75, 3.05) is 7.11 Å². The molecule has 8 heteroatoms. The van der Waals surface area contributed by atoms with Crippen molar-refractivity contribution in [1.29, 1.82) is 0 Å². The maximum absolute atomic E-state index is 12.0. The second kappa shape index (κ2) is 9.05. The number of amides is 2. The maximum Gasteiger partial charge on any atom is 0.271 e. The van der Waals surface area contributed by atoms with Gasteiger partial charge in [0.05, 0.1) is 23.9 Å². The van der Waals surface area contributed by atoms with Crippen molar-refractivity contribution < 1.29 is 18.7 Å². The van der Waals surface area contributed by atoms with Crippen molar-refractivity contribution in [3.8, 4) is 17.1 Å². The minimum atomic E-state index is -0.489. The molecule has 1 aromatic heterocycles. The van der Waals surface area contributed by atoms with E-state index in [0.717, 1.165) is 11.3 Å². The summed E-state index contributed by atoms with van der Waals surface area (Å²) in [6.07, 6.45) is 2.00. The molecule has 7 nitrogen and oxygen atoms in total. The van der Waals surface area contributed by atoms with Gasteiger partial charge >= 0.3 is 0 Å². The van der Waals surface area contributed by atoms with Crippen LogP contribution in [-0.2, 0) is 11.2 Å². The van der Waals surface area contributed by atoms with Gasteiger partial charge in [0.2, 0.25) is 5.91 Å². The predicted octanol–water partition coefficient (Wildman–Crippen LogP) is 3.40. The summed E-state index contributed by atoms with van der Waals surface area (Å²) >= 11 is 5.94. The molecule has 0 saturated carbocycles. The Balaban J connectivity index is 1.49. The van der Waals surface area contributed by atoms with Crippen LogP contribution in [0.2, 0.25) is 5.02 Å². The first-order chi connectivity index (χ1) is 13.6. The zero-order chi connectivity index (χ0) is 19.9. The molecule has 0 spiro atoms. The van der Waals surface area contributed by atoms with Gasteiger partial charge in [-0.25, -0.2) is 4.98 Å². The first-order valence-electron chi connectivity index (χ1n) is 8.49. The van der Waals surface area contributed by atoms with Crippen LogP contribution in [0.3, 0.4) is 0 Å². The second-order valence-electron chi connectivity index (χ2n) is 5.83. The van der Waals surface area contributed by atoms with Crippen LogP contribution in [0.15, 0.2) is 59.1 Å². The largest absolute Gasteiger partial charge is 0.497 e. The summed E-state index contributed by atoms with van der Waals surface area (Å²) in [5.41, 5.74) is 5.82. The first kappa shape index (κ1) is 19.4. The third kappa shape index (κ3) is 4.89. The smallest absolute Gasteiger partial charge is 0.271 e. The summed E-state index contributed by atoms with van der Waals surface area (Å²) in [5, 5.41) is 0.306. The molecule has 0 aliphatic rings. The van der Waals surface area contributed by atoms with E-state index in [-0.39, 0.29) is 17.9 Å². The van der Waals surface area contributed by atoms with Crippen molar-refractivity contribution in [2.24, 2.45) is 0 Å². The molecule has 0 radical (unpaired) electrons. The van der Waals surface area contributed by atoms with E-state index in [0.29, 0.717) is 23.1 Å². The summed E-state index contributed by atoms with van der Waals surface area (Å²) in [5.74, 6) is 0.920. The Hall–Kier alpha value is -3.32. The summed E-state index contributed by atoms with van der Waals surface area (Å²) in [4.78, 5) is 28.1. The number of hydrazine groups is 1. The molecule has 1 heterocycles. The first-order valence-corrected chi connectivity index (χ1v) is 8.87. The second-order valence-corrected chi connectivity index (χ2v) is 6.24. The quantitative estimate of drug-likeness (QED) is 0.619. The number of ether oxygens (including phenoxy) is 1. The van der Waals surface area contributed by atoms with E-state index < -0.39 is 5.91 Å². The maximum atomic E-state index is 12.0. The highest BCUT2D eigenvalue weighted by Crippen LogP contribution is 2.23. The molecule has 0 aliphatic carbocycles. The van der Waals surface area contributed by atoms with Crippen molar-refractivity contribution in [2.45, 2.75) is 12.8 Å². The fraction of sp³-hybridized carbons (Fsp3) is 0.150. The number of hydrogen-bond donors (Lipinski definition) is 2. The molecule has 144 valence electrons. The normalized spacial score (nSPS) is 10.4. The average molecular weight is 400 g/mol. The average Bonchev–Trinajstić information content (AvgIpc) is 3.20. The lowest BCUT2D eigenvalue weighted by atomic mass is 10.2. The standard InChI is InChI=1S/C20H18ClN3O4/c1-27-14-8-6-13(7-9-14)17-12-22-19(28-17)11-10-18(25)23-24-20(26)15-4-2-3-5-16(15)21/h2-9,12H,10-11H2,1H3,(H,23,25)(H,24,26). The van der Waals surface area contributed by atoms with Gasteiger partial charge in [0.1, 0.15) is 5.75 Å². The number of carbonyl (C=O) groups is 2. The van der Waals surface area contributed by atoms with Crippen LogP contribution >= 0.6 is 11.6 Å². The van der Waals surface area contributed by atoms with Crippen molar-refractivity contribution in [1.82, 2.24) is 15.8 Å². The number of aromatic nitrogens is 1. The van der Waals surface area contributed by atoms with Gasteiger partial charge in [0.25, 0.3) is 5.91 Å². The Morgan fingerprint density at radius 1 is 1.11 bits per heavy atom. The highest BCUT2D eigenvalue weighted by atomic mass is 35.5. The van der Waals surface area contributed by atoms with Crippen LogP contribution in [0.5, 0.6) is 5.75 Å². The van der Waals surface area contributed by atoms with Crippen LogP contribution in [0, 0.1) is 0 Å². The van der Waals surface area contributed by atoms with Gasteiger partial charge in [-0.3, -0.25) is 20.4 Å². The summed E-state index contributed by atoms with van der Waals surface area (Å²) in [6.45, 7) is 0. The summed E-state index contributed by atoms with van der Waals surface area (Å²) in [7, 11) is 1.60. The number of carbonyl (C=O) groups excluding carboxylic acids is 2. The molecule has 0 atom stereocenters. The van der Waals surface area contributed by atoms with E-state index in [1.54, 1.807) is 37.6 Å².